The van der Waals surface area contributed by atoms with E-state index >= 15 is 0 Å². The first-order valence-electron chi connectivity index (χ1n) is 5.89. The van der Waals surface area contributed by atoms with Gasteiger partial charge in [-0.1, -0.05) is 35.9 Å². The molecule has 0 saturated heterocycles. The van der Waals surface area contributed by atoms with E-state index in [1.54, 1.807) is 0 Å². The second kappa shape index (κ2) is 5.20. The van der Waals surface area contributed by atoms with Crippen LogP contribution in [0.5, 0.6) is 0 Å². The van der Waals surface area contributed by atoms with Crippen molar-refractivity contribution in [3.8, 4) is 0 Å². The lowest BCUT2D eigenvalue weighted by Gasteiger charge is -2.07. The predicted molar refractivity (Wildman–Crippen MR) is 76.1 cm³/mol. The van der Waals surface area contributed by atoms with E-state index in [0.717, 1.165) is 27.3 Å². The van der Waals surface area contributed by atoms with Gasteiger partial charge in [-0.2, -0.15) is 0 Å². The summed E-state index contributed by atoms with van der Waals surface area (Å²) in [6.45, 7) is 0.667. The molecule has 0 unspecified atom stereocenters. The number of anilines is 1. The summed E-state index contributed by atoms with van der Waals surface area (Å²) in [4.78, 5) is 0. The Balaban J connectivity index is 1.84. The topological polar surface area (TPSA) is 50.7 Å². The highest BCUT2D eigenvalue weighted by atomic mass is 35.5. The van der Waals surface area contributed by atoms with Crippen molar-refractivity contribution in [3.05, 3.63) is 59.1 Å². The molecular weight excluding hydrogens is 260 g/mol. The molecule has 0 saturated carbocycles. The molecule has 3 aromatic rings. The van der Waals surface area contributed by atoms with Gasteiger partial charge in [0.1, 0.15) is 0 Å². The number of fused-ring (bicyclic) bond motifs is 1. The van der Waals surface area contributed by atoms with Crippen LogP contribution in [0, 0.1) is 0 Å². The van der Waals surface area contributed by atoms with Crippen molar-refractivity contribution in [3.63, 3.8) is 0 Å². The van der Waals surface area contributed by atoms with E-state index in [1.165, 1.54) is 0 Å². The Bertz CT molecular complexity index is 692. The zero-order chi connectivity index (χ0) is 13.1. The van der Waals surface area contributed by atoms with Gasteiger partial charge in [-0.3, -0.25) is 0 Å². The third kappa shape index (κ3) is 2.63. The minimum atomic E-state index is 0.667. The predicted octanol–water partition coefficient (Wildman–Crippen LogP) is 3.29. The molecule has 0 spiro atoms. The van der Waals surface area contributed by atoms with Crippen LogP contribution in [0.15, 0.2) is 48.5 Å². The first-order valence-corrected chi connectivity index (χ1v) is 6.27. The third-order valence-electron chi connectivity index (χ3n) is 2.83. The fourth-order valence-corrected chi connectivity index (χ4v) is 1.97. The molecule has 0 aliphatic rings. The molecule has 94 valence electrons. The van der Waals surface area contributed by atoms with E-state index in [2.05, 4.69) is 20.7 Å². The SMILES string of the molecule is Clc1ccc(CNc2nnnc3ccccc23)cc1. The molecule has 5 heteroatoms. The van der Waals surface area contributed by atoms with Gasteiger partial charge in [-0.25, -0.2) is 0 Å². The lowest BCUT2D eigenvalue weighted by Crippen LogP contribution is -2.04. The minimum Gasteiger partial charge on any atom is -0.364 e. The second-order valence-corrected chi connectivity index (χ2v) is 4.57. The van der Waals surface area contributed by atoms with E-state index in [9.17, 15) is 0 Å². The Labute approximate surface area is 115 Å². The highest BCUT2D eigenvalue weighted by Gasteiger charge is 2.03. The Hall–Kier alpha value is -2.20. The fourth-order valence-electron chi connectivity index (χ4n) is 1.85. The second-order valence-electron chi connectivity index (χ2n) is 4.14. The summed E-state index contributed by atoms with van der Waals surface area (Å²) >= 11 is 5.86. The van der Waals surface area contributed by atoms with Crippen molar-refractivity contribution in [2.24, 2.45) is 0 Å². The molecule has 0 aliphatic heterocycles. The number of aromatic nitrogens is 3. The molecule has 0 aliphatic carbocycles. The first-order chi connectivity index (χ1) is 9.33. The standard InChI is InChI=1S/C14H11ClN4/c15-11-7-5-10(6-8-11)9-16-14-12-3-1-2-4-13(12)17-19-18-14/h1-8H,9H2,(H,16,17,18). The molecule has 0 bridgehead atoms. The number of nitrogens with one attached hydrogen (secondary N) is 1. The quantitative estimate of drug-likeness (QED) is 0.793. The Morgan fingerprint density at radius 3 is 2.58 bits per heavy atom. The molecule has 1 heterocycles. The molecule has 0 amide bonds. The van der Waals surface area contributed by atoms with E-state index < -0.39 is 0 Å². The first kappa shape index (κ1) is 11.9. The number of nitrogens with zero attached hydrogens (tertiary/aromatic N) is 3. The number of benzene rings is 2. The van der Waals surface area contributed by atoms with Crippen LogP contribution in [-0.2, 0) is 6.54 Å². The third-order valence-corrected chi connectivity index (χ3v) is 3.08. The van der Waals surface area contributed by atoms with E-state index in [1.807, 2.05) is 48.5 Å². The van der Waals surface area contributed by atoms with Crippen molar-refractivity contribution < 1.29 is 0 Å². The number of hydrogen-bond acceptors (Lipinski definition) is 4. The number of rotatable bonds is 3. The maximum absolute atomic E-state index is 5.86. The Morgan fingerprint density at radius 2 is 1.74 bits per heavy atom. The molecule has 2 aromatic carbocycles. The van der Waals surface area contributed by atoms with Crippen LogP contribution >= 0.6 is 11.6 Å². The maximum Gasteiger partial charge on any atom is 0.160 e. The van der Waals surface area contributed by atoms with Gasteiger partial charge >= 0.3 is 0 Å². The molecule has 0 fully saturated rings. The van der Waals surface area contributed by atoms with Gasteiger partial charge in [0, 0.05) is 17.0 Å². The van der Waals surface area contributed by atoms with Gasteiger partial charge in [0.05, 0.1) is 5.52 Å². The van der Waals surface area contributed by atoms with Crippen LogP contribution in [0.3, 0.4) is 0 Å². The monoisotopic (exact) mass is 270 g/mol. The van der Waals surface area contributed by atoms with Crippen LogP contribution < -0.4 is 5.32 Å². The van der Waals surface area contributed by atoms with Crippen LogP contribution in [-0.4, -0.2) is 15.4 Å². The van der Waals surface area contributed by atoms with Gasteiger partial charge in [-0.05, 0) is 35.0 Å². The highest BCUT2D eigenvalue weighted by Crippen LogP contribution is 2.18. The lowest BCUT2D eigenvalue weighted by molar-refractivity contribution is 0.890. The van der Waals surface area contributed by atoms with Crippen LogP contribution in [0.25, 0.3) is 10.9 Å². The maximum atomic E-state index is 5.86. The summed E-state index contributed by atoms with van der Waals surface area (Å²) in [5, 5.41) is 16.8. The van der Waals surface area contributed by atoms with Crippen molar-refractivity contribution in [1.29, 1.82) is 0 Å². The average Bonchev–Trinajstić information content (AvgIpc) is 2.47. The van der Waals surface area contributed by atoms with E-state index in [-0.39, 0.29) is 0 Å². The van der Waals surface area contributed by atoms with E-state index in [0.29, 0.717) is 6.54 Å². The van der Waals surface area contributed by atoms with E-state index in [4.69, 9.17) is 11.6 Å². The smallest absolute Gasteiger partial charge is 0.160 e. The summed E-state index contributed by atoms with van der Waals surface area (Å²) in [5.74, 6) is 0.737. The van der Waals surface area contributed by atoms with Crippen LogP contribution in [0.1, 0.15) is 5.56 Å². The molecule has 1 N–H and O–H groups in total. The van der Waals surface area contributed by atoms with Gasteiger partial charge in [0.15, 0.2) is 5.82 Å². The van der Waals surface area contributed by atoms with Crippen molar-refractivity contribution >= 4 is 28.3 Å². The summed E-state index contributed by atoms with van der Waals surface area (Å²) in [6.07, 6.45) is 0. The van der Waals surface area contributed by atoms with Crippen LogP contribution in [0.2, 0.25) is 5.02 Å². The van der Waals surface area contributed by atoms with Crippen molar-refractivity contribution in [1.82, 2.24) is 15.4 Å². The largest absolute Gasteiger partial charge is 0.364 e. The molecule has 19 heavy (non-hydrogen) atoms. The average molecular weight is 271 g/mol. The van der Waals surface area contributed by atoms with Gasteiger partial charge in [-0.15, -0.1) is 10.2 Å². The molecule has 0 atom stereocenters. The molecule has 3 rings (SSSR count). The van der Waals surface area contributed by atoms with Gasteiger partial charge in [0.25, 0.3) is 0 Å². The number of halogens is 1. The fraction of sp³-hybridized carbons (Fsp3) is 0.0714. The molecule has 4 nitrogen and oxygen atoms in total. The zero-order valence-corrected chi connectivity index (χ0v) is 10.8. The summed E-state index contributed by atoms with van der Waals surface area (Å²) in [7, 11) is 0. The summed E-state index contributed by atoms with van der Waals surface area (Å²) in [5.41, 5.74) is 1.96. The molecule has 1 aromatic heterocycles. The highest BCUT2D eigenvalue weighted by molar-refractivity contribution is 6.30. The van der Waals surface area contributed by atoms with Crippen molar-refractivity contribution in [2.45, 2.75) is 6.54 Å². The number of hydrogen-bond donors (Lipinski definition) is 1. The Kier molecular flexibility index (Phi) is 3.25. The van der Waals surface area contributed by atoms with Crippen LogP contribution in [0.4, 0.5) is 5.82 Å². The normalized spacial score (nSPS) is 10.6. The summed E-state index contributed by atoms with van der Waals surface area (Å²) < 4.78 is 0. The lowest BCUT2D eigenvalue weighted by atomic mass is 10.2. The van der Waals surface area contributed by atoms with Crippen molar-refractivity contribution in [2.75, 3.05) is 5.32 Å². The molecule has 0 radical (unpaired) electrons. The van der Waals surface area contributed by atoms with Gasteiger partial charge < -0.3 is 5.32 Å². The zero-order valence-electron chi connectivity index (χ0n) is 10.0. The summed E-state index contributed by atoms with van der Waals surface area (Å²) in [6, 6.07) is 15.5. The van der Waals surface area contributed by atoms with Gasteiger partial charge in [0.2, 0.25) is 0 Å². The molecular formula is C14H11ClN4. The Morgan fingerprint density at radius 1 is 0.947 bits per heavy atom. The minimum absolute atomic E-state index is 0.667.